The van der Waals surface area contributed by atoms with Crippen LogP contribution in [0.4, 0.5) is 5.69 Å². The molecule has 0 aromatic heterocycles. The summed E-state index contributed by atoms with van der Waals surface area (Å²) < 4.78 is 10.8. The Bertz CT molecular complexity index is 1180. The van der Waals surface area contributed by atoms with E-state index in [0.717, 1.165) is 5.56 Å². The third-order valence-electron chi connectivity index (χ3n) is 4.37. The van der Waals surface area contributed by atoms with Crippen LogP contribution in [0.3, 0.4) is 0 Å². The van der Waals surface area contributed by atoms with Crippen LogP contribution in [-0.4, -0.2) is 13.0 Å². The molecule has 0 bridgehead atoms. The number of nitrogens with one attached hydrogen (secondary N) is 1. The molecule has 0 aliphatic rings. The number of rotatable bonds is 7. The van der Waals surface area contributed by atoms with Gasteiger partial charge in [-0.1, -0.05) is 53.0 Å². The standard InChI is InChI=1S/C24H17Cl3N2O3/c1-31-19-8-6-18(7-9-19)29-24(30)17(13-28)10-15-11-21(26)23(22(27)12-15)32-14-16-4-2-3-5-20(16)25/h2-12H,14H2,1H3,(H,29,30)/b17-10-. The lowest BCUT2D eigenvalue weighted by molar-refractivity contribution is -0.112. The summed E-state index contributed by atoms with van der Waals surface area (Å²) in [5, 5.41) is 13.2. The number of carbonyl (C=O) groups is 1. The molecule has 1 N–H and O–H groups in total. The Hall–Kier alpha value is -3.17. The molecule has 3 aromatic rings. The van der Waals surface area contributed by atoms with E-state index in [1.54, 1.807) is 49.6 Å². The molecule has 32 heavy (non-hydrogen) atoms. The Morgan fingerprint density at radius 3 is 2.28 bits per heavy atom. The fraction of sp³-hybridized carbons (Fsp3) is 0.0833. The van der Waals surface area contributed by atoms with E-state index in [-0.39, 0.29) is 28.0 Å². The predicted octanol–water partition coefficient (Wildman–Crippen LogP) is 6.78. The fourth-order valence-electron chi connectivity index (χ4n) is 2.75. The van der Waals surface area contributed by atoms with Crippen molar-refractivity contribution in [1.29, 1.82) is 5.26 Å². The van der Waals surface area contributed by atoms with Gasteiger partial charge >= 0.3 is 0 Å². The molecule has 0 spiro atoms. The minimum Gasteiger partial charge on any atom is -0.497 e. The van der Waals surface area contributed by atoms with Crippen LogP contribution < -0.4 is 14.8 Å². The van der Waals surface area contributed by atoms with Gasteiger partial charge in [-0.2, -0.15) is 5.26 Å². The summed E-state index contributed by atoms with van der Waals surface area (Å²) in [6, 6.07) is 19.0. The largest absolute Gasteiger partial charge is 0.497 e. The fourth-order valence-corrected chi connectivity index (χ4v) is 3.56. The summed E-state index contributed by atoms with van der Waals surface area (Å²) in [6.07, 6.45) is 1.40. The summed E-state index contributed by atoms with van der Waals surface area (Å²) in [5.74, 6) is 0.371. The third kappa shape index (κ3) is 5.95. The number of ether oxygens (including phenoxy) is 2. The second-order valence-electron chi connectivity index (χ2n) is 6.55. The number of amides is 1. The zero-order valence-corrected chi connectivity index (χ0v) is 19.1. The van der Waals surface area contributed by atoms with Gasteiger partial charge in [0.1, 0.15) is 24.0 Å². The van der Waals surface area contributed by atoms with Crippen molar-refractivity contribution in [3.63, 3.8) is 0 Å². The lowest BCUT2D eigenvalue weighted by Gasteiger charge is -2.12. The molecule has 3 aromatic carbocycles. The van der Waals surface area contributed by atoms with Crippen LogP contribution in [-0.2, 0) is 11.4 Å². The van der Waals surface area contributed by atoms with E-state index in [1.807, 2.05) is 24.3 Å². The second-order valence-corrected chi connectivity index (χ2v) is 7.77. The van der Waals surface area contributed by atoms with Crippen LogP contribution in [0.25, 0.3) is 6.08 Å². The third-order valence-corrected chi connectivity index (χ3v) is 5.30. The van der Waals surface area contributed by atoms with Gasteiger partial charge in [-0.3, -0.25) is 4.79 Å². The number of nitrogens with zero attached hydrogens (tertiary/aromatic N) is 1. The van der Waals surface area contributed by atoms with Gasteiger partial charge in [0.2, 0.25) is 0 Å². The molecule has 1 amide bonds. The number of anilines is 1. The van der Waals surface area contributed by atoms with Crippen LogP contribution in [0.15, 0.2) is 66.2 Å². The molecule has 5 nitrogen and oxygen atoms in total. The molecular weight excluding hydrogens is 471 g/mol. The molecule has 0 unspecified atom stereocenters. The number of halogens is 3. The van der Waals surface area contributed by atoms with Gasteiger partial charge in [-0.05, 0) is 54.1 Å². The van der Waals surface area contributed by atoms with Crippen LogP contribution in [0.1, 0.15) is 11.1 Å². The lowest BCUT2D eigenvalue weighted by Crippen LogP contribution is -2.13. The molecule has 162 valence electrons. The molecular formula is C24H17Cl3N2O3. The first-order valence-electron chi connectivity index (χ1n) is 9.33. The first-order valence-corrected chi connectivity index (χ1v) is 10.5. The second kappa shape index (κ2) is 10.9. The zero-order valence-electron chi connectivity index (χ0n) is 16.9. The monoisotopic (exact) mass is 486 g/mol. The molecule has 8 heteroatoms. The van der Waals surface area contributed by atoms with Crippen molar-refractivity contribution in [2.45, 2.75) is 6.61 Å². The summed E-state index contributed by atoms with van der Waals surface area (Å²) in [5.41, 5.74) is 1.67. The predicted molar refractivity (Wildman–Crippen MR) is 127 cm³/mol. The number of nitriles is 1. The van der Waals surface area contributed by atoms with Crippen molar-refractivity contribution in [3.05, 3.63) is 92.4 Å². The van der Waals surface area contributed by atoms with E-state index in [9.17, 15) is 10.1 Å². The molecule has 0 aliphatic heterocycles. The van der Waals surface area contributed by atoms with Crippen molar-refractivity contribution in [2.24, 2.45) is 0 Å². The van der Waals surface area contributed by atoms with Gasteiger partial charge in [0.05, 0.1) is 17.2 Å². The average molecular weight is 488 g/mol. The summed E-state index contributed by atoms with van der Waals surface area (Å²) >= 11 is 18.8. The van der Waals surface area contributed by atoms with Crippen molar-refractivity contribution < 1.29 is 14.3 Å². The number of hydrogen-bond acceptors (Lipinski definition) is 4. The van der Waals surface area contributed by atoms with E-state index >= 15 is 0 Å². The number of hydrogen-bond donors (Lipinski definition) is 1. The van der Waals surface area contributed by atoms with Crippen molar-refractivity contribution >= 4 is 52.5 Å². The summed E-state index contributed by atoms with van der Waals surface area (Å²) in [4.78, 5) is 12.5. The quantitative estimate of drug-likeness (QED) is 0.294. The van der Waals surface area contributed by atoms with Gasteiger partial charge in [0, 0.05) is 16.3 Å². The Balaban J connectivity index is 1.76. The van der Waals surface area contributed by atoms with Crippen molar-refractivity contribution in [2.75, 3.05) is 12.4 Å². The molecule has 0 aliphatic carbocycles. The van der Waals surface area contributed by atoms with E-state index in [1.165, 1.54) is 6.08 Å². The summed E-state index contributed by atoms with van der Waals surface area (Å²) in [7, 11) is 1.55. The first kappa shape index (κ1) is 23.5. The Morgan fingerprint density at radius 2 is 1.69 bits per heavy atom. The van der Waals surface area contributed by atoms with Gasteiger partial charge in [-0.15, -0.1) is 0 Å². The van der Waals surface area contributed by atoms with Gasteiger partial charge < -0.3 is 14.8 Å². The maximum atomic E-state index is 12.5. The van der Waals surface area contributed by atoms with E-state index < -0.39 is 5.91 Å². The van der Waals surface area contributed by atoms with Crippen LogP contribution in [0.5, 0.6) is 11.5 Å². The van der Waals surface area contributed by atoms with Crippen molar-refractivity contribution in [3.8, 4) is 17.6 Å². The maximum Gasteiger partial charge on any atom is 0.266 e. The molecule has 3 rings (SSSR count). The van der Waals surface area contributed by atoms with E-state index in [0.29, 0.717) is 22.0 Å². The Labute approximate surface area is 200 Å². The van der Waals surface area contributed by atoms with Crippen molar-refractivity contribution in [1.82, 2.24) is 0 Å². The first-order chi connectivity index (χ1) is 15.4. The molecule has 0 saturated heterocycles. The topological polar surface area (TPSA) is 71.3 Å². The van der Waals surface area contributed by atoms with Gasteiger partial charge in [0.25, 0.3) is 5.91 Å². The number of benzene rings is 3. The molecule has 0 atom stereocenters. The highest BCUT2D eigenvalue weighted by Gasteiger charge is 2.14. The van der Waals surface area contributed by atoms with E-state index in [4.69, 9.17) is 44.3 Å². The lowest BCUT2D eigenvalue weighted by atomic mass is 10.1. The highest BCUT2D eigenvalue weighted by atomic mass is 35.5. The molecule has 0 heterocycles. The van der Waals surface area contributed by atoms with Crippen LogP contribution in [0, 0.1) is 11.3 Å². The average Bonchev–Trinajstić information content (AvgIpc) is 2.78. The SMILES string of the molecule is COc1ccc(NC(=O)/C(C#N)=C\c2cc(Cl)c(OCc3ccccc3Cl)c(Cl)c2)cc1. The number of methoxy groups -OCH3 is 1. The molecule has 0 saturated carbocycles. The zero-order chi connectivity index (χ0) is 23.1. The molecule has 0 radical (unpaired) electrons. The minimum atomic E-state index is -0.566. The summed E-state index contributed by atoms with van der Waals surface area (Å²) in [6.45, 7) is 0.183. The van der Waals surface area contributed by atoms with Gasteiger partial charge in [-0.25, -0.2) is 0 Å². The number of carbonyl (C=O) groups excluding carboxylic acids is 1. The van der Waals surface area contributed by atoms with Crippen LogP contribution >= 0.6 is 34.8 Å². The normalized spacial score (nSPS) is 10.9. The highest BCUT2D eigenvalue weighted by Crippen LogP contribution is 2.36. The van der Waals surface area contributed by atoms with Gasteiger partial charge in [0.15, 0.2) is 5.75 Å². The maximum absolute atomic E-state index is 12.5. The highest BCUT2D eigenvalue weighted by molar-refractivity contribution is 6.37. The van der Waals surface area contributed by atoms with Crippen LogP contribution in [0.2, 0.25) is 15.1 Å². The Kier molecular flexibility index (Phi) is 8.02. The Morgan fingerprint density at radius 1 is 1.03 bits per heavy atom. The molecule has 0 fully saturated rings. The smallest absolute Gasteiger partial charge is 0.266 e. The minimum absolute atomic E-state index is 0.113. The van der Waals surface area contributed by atoms with E-state index in [2.05, 4.69) is 5.32 Å².